The minimum Gasteiger partial charge on any atom is -0.427 e. The minimum absolute atomic E-state index is 0.543. The van der Waals surface area contributed by atoms with Crippen LogP contribution in [0.4, 0.5) is 11.6 Å². The molecule has 2 N–H and O–H groups in total. The standard InChI is InChI=1S/C16H16BBrN4O/c1-23-17-20-9-11-2-5-14(6-3-11)21-16-19-10-12-8-13(18)4-7-15(12)22-16/h2-8,10,17,20H,9H2,1H3,(H,19,21,22). The molecule has 0 amide bonds. The van der Waals surface area contributed by atoms with E-state index in [0.29, 0.717) is 13.6 Å². The maximum absolute atomic E-state index is 4.97. The maximum atomic E-state index is 4.97. The molecule has 3 rings (SSSR count). The first-order valence-corrected chi connectivity index (χ1v) is 8.02. The second-order valence-electron chi connectivity index (χ2n) is 5.08. The smallest absolute Gasteiger partial charge is 0.360 e. The number of hydrogen-bond acceptors (Lipinski definition) is 5. The number of fused-ring (bicyclic) bond motifs is 1. The monoisotopic (exact) mass is 370 g/mol. The predicted molar refractivity (Wildman–Crippen MR) is 98.0 cm³/mol. The Balaban J connectivity index is 1.70. The quantitative estimate of drug-likeness (QED) is 0.515. The molecular formula is C16H16BBrN4O. The number of rotatable bonds is 6. The molecule has 5 nitrogen and oxygen atoms in total. The lowest BCUT2D eigenvalue weighted by Crippen LogP contribution is -2.19. The van der Waals surface area contributed by atoms with E-state index in [9.17, 15) is 0 Å². The fourth-order valence-corrected chi connectivity index (χ4v) is 2.58. The van der Waals surface area contributed by atoms with Crippen LogP contribution in [0.2, 0.25) is 0 Å². The molecule has 2 aromatic carbocycles. The second-order valence-corrected chi connectivity index (χ2v) is 5.99. The SMILES string of the molecule is COBNCc1ccc(Nc2ncc3cc(Br)ccc3n2)cc1. The molecule has 0 aliphatic carbocycles. The molecule has 0 unspecified atom stereocenters. The molecule has 0 aliphatic rings. The first kappa shape index (κ1) is 15.9. The number of nitrogens with one attached hydrogen (secondary N) is 2. The molecule has 0 fully saturated rings. The summed E-state index contributed by atoms with van der Waals surface area (Å²) in [5.74, 6) is 0.588. The van der Waals surface area contributed by atoms with Gasteiger partial charge < -0.3 is 15.2 Å². The number of nitrogens with zero attached hydrogens (tertiary/aromatic N) is 2. The van der Waals surface area contributed by atoms with Gasteiger partial charge in [-0.05, 0) is 35.9 Å². The Morgan fingerprint density at radius 1 is 1.17 bits per heavy atom. The molecule has 0 saturated heterocycles. The molecule has 0 spiro atoms. The Hall–Kier alpha value is -1.96. The second kappa shape index (κ2) is 7.54. The van der Waals surface area contributed by atoms with Gasteiger partial charge in [0.2, 0.25) is 5.95 Å². The van der Waals surface area contributed by atoms with Crippen LogP contribution in [0, 0.1) is 0 Å². The Kier molecular flexibility index (Phi) is 5.22. The fourth-order valence-electron chi connectivity index (χ4n) is 2.20. The van der Waals surface area contributed by atoms with Crippen LogP contribution in [0.25, 0.3) is 10.9 Å². The molecule has 116 valence electrons. The van der Waals surface area contributed by atoms with E-state index >= 15 is 0 Å². The highest BCUT2D eigenvalue weighted by Gasteiger charge is 2.02. The zero-order valence-corrected chi connectivity index (χ0v) is 14.3. The molecule has 0 saturated carbocycles. The third-order valence-electron chi connectivity index (χ3n) is 3.33. The van der Waals surface area contributed by atoms with Crippen molar-refractivity contribution < 1.29 is 4.65 Å². The van der Waals surface area contributed by atoms with Crippen LogP contribution in [0.3, 0.4) is 0 Å². The number of aromatic nitrogens is 2. The highest BCUT2D eigenvalue weighted by Crippen LogP contribution is 2.20. The van der Waals surface area contributed by atoms with Gasteiger partial charge in [-0.1, -0.05) is 28.1 Å². The van der Waals surface area contributed by atoms with Gasteiger partial charge in [-0.2, -0.15) is 0 Å². The van der Waals surface area contributed by atoms with Crippen LogP contribution in [-0.2, 0) is 11.2 Å². The van der Waals surface area contributed by atoms with E-state index in [4.69, 9.17) is 4.65 Å². The van der Waals surface area contributed by atoms with Crippen molar-refractivity contribution in [1.82, 2.24) is 15.2 Å². The van der Waals surface area contributed by atoms with Crippen LogP contribution in [0.1, 0.15) is 5.56 Å². The summed E-state index contributed by atoms with van der Waals surface area (Å²) in [5, 5.41) is 7.40. The van der Waals surface area contributed by atoms with E-state index in [1.165, 1.54) is 5.56 Å². The minimum atomic E-state index is 0.543. The lowest BCUT2D eigenvalue weighted by molar-refractivity contribution is 0.430. The van der Waals surface area contributed by atoms with E-state index in [2.05, 4.69) is 48.6 Å². The highest BCUT2D eigenvalue weighted by atomic mass is 79.9. The summed E-state index contributed by atoms with van der Waals surface area (Å²) in [6.45, 7) is 0.773. The lowest BCUT2D eigenvalue weighted by Gasteiger charge is -2.07. The van der Waals surface area contributed by atoms with Gasteiger partial charge in [0.15, 0.2) is 0 Å². The topological polar surface area (TPSA) is 59.1 Å². The molecule has 0 radical (unpaired) electrons. The van der Waals surface area contributed by atoms with Crippen LogP contribution >= 0.6 is 15.9 Å². The van der Waals surface area contributed by atoms with Crippen molar-refractivity contribution in [2.45, 2.75) is 6.54 Å². The van der Waals surface area contributed by atoms with Gasteiger partial charge >= 0.3 is 7.62 Å². The Morgan fingerprint density at radius 3 is 2.78 bits per heavy atom. The van der Waals surface area contributed by atoms with Gasteiger partial charge in [0.1, 0.15) is 0 Å². The van der Waals surface area contributed by atoms with E-state index in [1.54, 1.807) is 7.11 Å². The number of halogens is 1. The summed E-state index contributed by atoms with van der Waals surface area (Å²) in [6.07, 6.45) is 1.82. The first-order chi connectivity index (χ1) is 11.2. The van der Waals surface area contributed by atoms with Crippen LogP contribution in [0.15, 0.2) is 53.1 Å². The van der Waals surface area contributed by atoms with Crippen molar-refractivity contribution in [3.63, 3.8) is 0 Å². The predicted octanol–water partition coefficient (Wildman–Crippen LogP) is 3.14. The number of benzene rings is 2. The molecule has 7 heteroatoms. The Morgan fingerprint density at radius 2 is 2.00 bits per heavy atom. The summed E-state index contributed by atoms with van der Waals surface area (Å²) >= 11 is 3.45. The average Bonchev–Trinajstić information content (AvgIpc) is 2.57. The van der Waals surface area contributed by atoms with E-state index < -0.39 is 0 Å². The van der Waals surface area contributed by atoms with E-state index in [1.807, 2.05) is 36.5 Å². The van der Waals surface area contributed by atoms with Gasteiger partial charge in [0.05, 0.1) is 5.52 Å². The van der Waals surface area contributed by atoms with Gasteiger partial charge in [0.25, 0.3) is 0 Å². The molecule has 0 bridgehead atoms. The molecule has 1 heterocycles. The summed E-state index contributed by atoms with van der Waals surface area (Å²) in [7, 11) is 2.21. The van der Waals surface area contributed by atoms with Crippen molar-refractivity contribution in [3.8, 4) is 0 Å². The lowest BCUT2D eigenvalue weighted by atomic mass is 10.1. The third kappa shape index (κ3) is 4.28. The van der Waals surface area contributed by atoms with E-state index in [-0.39, 0.29) is 0 Å². The van der Waals surface area contributed by atoms with Crippen LogP contribution in [-0.4, -0.2) is 24.7 Å². The molecule has 1 aromatic heterocycles. The summed E-state index contributed by atoms with van der Waals surface area (Å²) in [4.78, 5) is 8.88. The summed E-state index contributed by atoms with van der Waals surface area (Å²) in [6, 6.07) is 14.1. The highest BCUT2D eigenvalue weighted by molar-refractivity contribution is 9.10. The molecule has 0 aliphatic heterocycles. The first-order valence-electron chi connectivity index (χ1n) is 7.22. The van der Waals surface area contributed by atoms with Gasteiger partial charge in [0, 0.05) is 35.4 Å². The van der Waals surface area contributed by atoms with Crippen LogP contribution in [0.5, 0.6) is 0 Å². The molecular weight excluding hydrogens is 355 g/mol. The normalized spacial score (nSPS) is 10.7. The Labute approximate surface area is 143 Å². The Bertz CT molecular complexity index is 798. The maximum Gasteiger partial charge on any atom is 0.360 e. The zero-order valence-electron chi connectivity index (χ0n) is 12.7. The molecule has 3 aromatic rings. The number of anilines is 2. The average molecular weight is 371 g/mol. The third-order valence-corrected chi connectivity index (χ3v) is 3.82. The van der Waals surface area contributed by atoms with Crippen LogP contribution < -0.4 is 10.5 Å². The van der Waals surface area contributed by atoms with Gasteiger partial charge in [-0.25, -0.2) is 9.97 Å². The summed E-state index contributed by atoms with van der Waals surface area (Å²) in [5.41, 5.74) is 3.06. The van der Waals surface area contributed by atoms with Gasteiger partial charge in [-0.3, -0.25) is 0 Å². The van der Waals surface area contributed by atoms with Gasteiger partial charge in [-0.15, -0.1) is 0 Å². The van der Waals surface area contributed by atoms with E-state index in [0.717, 1.165) is 27.6 Å². The zero-order chi connectivity index (χ0) is 16.1. The van der Waals surface area contributed by atoms with Crippen molar-refractivity contribution in [1.29, 1.82) is 0 Å². The molecule has 23 heavy (non-hydrogen) atoms. The van der Waals surface area contributed by atoms with Crippen molar-refractivity contribution >= 4 is 46.1 Å². The van der Waals surface area contributed by atoms with Crippen molar-refractivity contribution in [2.24, 2.45) is 0 Å². The summed E-state index contributed by atoms with van der Waals surface area (Å²) < 4.78 is 5.99. The number of hydrogen-bond donors (Lipinski definition) is 2. The van der Waals surface area contributed by atoms with Crippen molar-refractivity contribution in [3.05, 3.63) is 58.7 Å². The molecule has 0 atom stereocenters. The fraction of sp³-hybridized carbons (Fsp3) is 0.125. The van der Waals surface area contributed by atoms with Crippen molar-refractivity contribution in [2.75, 3.05) is 12.4 Å². The largest absolute Gasteiger partial charge is 0.427 e.